The lowest BCUT2D eigenvalue weighted by Crippen LogP contribution is -2.30. The molecule has 2 N–H and O–H groups in total. The Morgan fingerprint density at radius 1 is 1.15 bits per heavy atom. The molecule has 0 saturated heterocycles. The van der Waals surface area contributed by atoms with Crippen molar-refractivity contribution in [3.8, 4) is 5.75 Å². The Hall–Kier alpha value is -2.09. The molecule has 0 spiro atoms. The molecule has 0 fully saturated rings. The monoisotopic (exact) mass is 410 g/mol. The van der Waals surface area contributed by atoms with Crippen LogP contribution >= 0.6 is 11.6 Å². The number of halogens is 1. The molecule has 0 aromatic heterocycles. The number of amides is 1. The lowest BCUT2D eigenvalue weighted by Gasteiger charge is -2.13. The van der Waals surface area contributed by atoms with Crippen molar-refractivity contribution < 1.29 is 17.9 Å². The van der Waals surface area contributed by atoms with E-state index in [1.54, 1.807) is 13.8 Å². The summed E-state index contributed by atoms with van der Waals surface area (Å²) in [5.74, 6) is -0.0986. The molecule has 0 unspecified atom stereocenters. The molecule has 0 radical (unpaired) electrons. The van der Waals surface area contributed by atoms with Crippen molar-refractivity contribution in [3.63, 3.8) is 0 Å². The maximum absolute atomic E-state index is 12.2. The Labute approximate surface area is 164 Å². The van der Waals surface area contributed by atoms with Gasteiger partial charge in [-0.1, -0.05) is 29.8 Å². The zero-order chi connectivity index (χ0) is 20.2. The van der Waals surface area contributed by atoms with Crippen LogP contribution in [0.1, 0.15) is 25.0 Å². The summed E-state index contributed by atoms with van der Waals surface area (Å²) in [5.41, 5.74) is 2.65. The number of ether oxygens (including phenoxy) is 1. The normalized spacial score (nSPS) is 11.5. The molecule has 2 aromatic rings. The summed E-state index contributed by atoms with van der Waals surface area (Å²) in [6.07, 6.45) is 0. The van der Waals surface area contributed by atoms with Gasteiger partial charge in [0.2, 0.25) is 10.0 Å². The minimum atomic E-state index is -3.65. The van der Waals surface area contributed by atoms with E-state index in [0.29, 0.717) is 0 Å². The van der Waals surface area contributed by atoms with Gasteiger partial charge in [-0.15, -0.1) is 0 Å². The van der Waals surface area contributed by atoms with E-state index < -0.39 is 10.0 Å². The van der Waals surface area contributed by atoms with Crippen LogP contribution in [0.5, 0.6) is 5.75 Å². The van der Waals surface area contributed by atoms with E-state index >= 15 is 0 Å². The first kappa shape index (κ1) is 21.2. The van der Waals surface area contributed by atoms with Crippen molar-refractivity contribution in [2.75, 3.05) is 11.9 Å². The summed E-state index contributed by atoms with van der Waals surface area (Å²) >= 11 is 6.12. The van der Waals surface area contributed by atoms with Gasteiger partial charge in [-0.05, 0) is 57.0 Å². The summed E-state index contributed by atoms with van der Waals surface area (Å²) < 4.78 is 32.2. The number of benzene rings is 2. The van der Waals surface area contributed by atoms with E-state index in [1.165, 1.54) is 18.2 Å². The number of sulfonamides is 1. The van der Waals surface area contributed by atoms with Crippen LogP contribution in [0.15, 0.2) is 41.3 Å². The topological polar surface area (TPSA) is 84.5 Å². The molecular formula is C19H23ClN2O4S. The second-order valence-corrected chi connectivity index (χ2v) is 8.59. The van der Waals surface area contributed by atoms with Gasteiger partial charge in [0, 0.05) is 11.7 Å². The van der Waals surface area contributed by atoms with Gasteiger partial charge in [0.15, 0.2) is 6.61 Å². The van der Waals surface area contributed by atoms with Gasteiger partial charge >= 0.3 is 0 Å². The fourth-order valence-corrected chi connectivity index (χ4v) is 4.05. The number of anilines is 1. The number of rotatable bonds is 7. The van der Waals surface area contributed by atoms with Gasteiger partial charge < -0.3 is 10.1 Å². The highest BCUT2D eigenvalue weighted by Gasteiger charge is 2.17. The average Bonchev–Trinajstić information content (AvgIpc) is 2.56. The largest absolute Gasteiger partial charge is 0.482 e. The van der Waals surface area contributed by atoms with Crippen molar-refractivity contribution in [3.05, 3.63) is 52.5 Å². The Kier molecular flexibility index (Phi) is 6.86. The Balaban J connectivity index is 2.05. The lowest BCUT2D eigenvalue weighted by molar-refractivity contribution is -0.118. The van der Waals surface area contributed by atoms with Crippen molar-refractivity contribution in [2.45, 2.75) is 38.6 Å². The van der Waals surface area contributed by atoms with E-state index in [9.17, 15) is 13.2 Å². The van der Waals surface area contributed by atoms with Crippen LogP contribution in [0.4, 0.5) is 5.69 Å². The Morgan fingerprint density at radius 3 is 2.33 bits per heavy atom. The highest BCUT2D eigenvalue weighted by molar-refractivity contribution is 7.89. The second-order valence-electron chi connectivity index (χ2n) is 6.47. The van der Waals surface area contributed by atoms with E-state index in [-0.39, 0.29) is 34.2 Å². The van der Waals surface area contributed by atoms with Crippen LogP contribution in [0.2, 0.25) is 5.02 Å². The lowest BCUT2D eigenvalue weighted by atomic mass is 10.1. The van der Waals surface area contributed by atoms with Crippen LogP contribution in [0, 0.1) is 13.8 Å². The van der Waals surface area contributed by atoms with Crippen LogP contribution in [-0.2, 0) is 14.8 Å². The molecule has 0 aliphatic heterocycles. The van der Waals surface area contributed by atoms with E-state index in [4.69, 9.17) is 16.3 Å². The predicted octanol–water partition coefficient (Wildman–Crippen LogP) is 3.66. The number of hydrogen-bond acceptors (Lipinski definition) is 4. The van der Waals surface area contributed by atoms with Crippen molar-refractivity contribution in [2.24, 2.45) is 0 Å². The minimum Gasteiger partial charge on any atom is -0.482 e. The van der Waals surface area contributed by atoms with E-state index in [0.717, 1.165) is 16.8 Å². The van der Waals surface area contributed by atoms with Crippen molar-refractivity contribution in [1.29, 1.82) is 0 Å². The summed E-state index contributed by atoms with van der Waals surface area (Å²) in [4.78, 5) is 12.2. The number of carbonyl (C=O) groups excluding carboxylic acids is 1. The molecule has 1 amide bonds. The highest BCUT2D eigenvalue weighted by atomic mass is 35.5. The van der Waals surface area contributed by atoms with Gasteiger partial charge in [0.1, 0.15) is 5.75 Å². The first-order valence-electron chi connectivity index (χ1n) is 8.41. The zero-order valence-electron chi connectivity index (χ0n) is 15.7. The molecule has 8 heteroatoms. The molecule has 0 bridgehead atoms. The van der Waals surface area contributed by atoms with Crippen LogP contribution in [0.25, 0.3) is 0 Å². The molecular weight excluding hydrogens is 388 g/mol. The number of aryl methyl sites for hydroxylation is 2. The first-order chi connectivity index (χ1) is 12.6. The maximum atomic E-state index is 12.2. The Morgan fingerprint density at radius 2 is 1.78 bits per heavy atom. The number of carbonyl (C=O) groups is 1. The quantitative estimate of drug-likeness (QED) is 0.729. The molecule has 2 aromatic carbocycles. The van der Waals surface area contributed by atoms with E-state index in [1.807, 2.05) is 32.0 Å². The molecule has 0 atom stereocenters. The molecule has 0 heterocycles. The summed E-state index contributed by atoms with van der Waals surface area (Å²) in [6, 6.07) is 9.61. The standard InChI is InChI=1S/C19H23ClN2O4S/c1-12(2)22-27(24,25)15-8-9-17(16(20)10-15)26-11-18(23)21-19-13(3)6-5-7-14(19)4/h5-10,12,22H,11H2,1-4H3,(H,21,23). The van der Waals surface area contributed by atoms with Gasteiger partial charge in [-0.25, -0.2) is 13.1 Å². The van der Waals surface area contributed by atoms with Crippen molar-refractivity contribution >= 4 is 33.2 Å². The Bertz CT molecular complexity index is 922. The van der Waals surface area contributed by atoms with Gasteiger partial charge in [-0.3, -0.25) is 4.79 Å². The molecule has 0 aliphatic rings. The molecule has 27 heavy (non-hydrogen) atoms. The number of para-hydroxylation sites is 1. The highest BCUT2D eigenvalue weighted by Crippen LogP contribution is 2.27. The number of nitrogens with one attached hydrogen (secondary N) is 2. The first-order valence-corrected chi connectivity index (χ1v) is 10.3. The van der Waals surface area contributed by atoms with Crippen LogP contribution < -0.4 is 14.8 Å². The molecule has 146 valence electrons. The van der Waals surface area contributed by atoms with Gasteiger partial charge in [-0.2, -0.15) is 0 Å². The number of hydrogen-bond donors (Lipinski definition) is 2. The predicted molar refractivity (Wildman–Crippen MR) is 107 cm³/mol. The van der Waals surface area contributed by atoms with E-state index in [2.05, 4.69) is 10.0 Å². The third-order valence-corrected chi connectivity index (χ3v) is 5.66. The third-order valence-electron chi connectivity index (χ3n) is 3.71. The zero-order valence-corrected chi connectivity index (χ0v) is 17.2. The molecule has 2 rings (SSSR count). The molecule has 0 saturated carbocycles. The minimum absolute atomic E-state index is 0.0357. The van der Waals surface area contributed by atoms with Crippen LogP contribution in [0.3, 0.4) is 0 Å². The molecule has 6 nitrogen and oxygen atoms in total. The SMILES string of the molecule is Cc1cccc(C)c1NC(=O)COc1ccc(S(=O)(=O)NC(C)C)cc1Cl. The van der Waals surface area contributed by atoms with Crippen molar-refractivity contribution in [1.82, 2.24) is 4.72 Å². The second kappa shape index (κ2) is 8.73. The summed E-state index contributed by atoms with van der Waals surface area (Å²) in [7, 11) is -3.65. The summed E-state index contributed by atoms with van der Waals surface area (Å²) in [6.45, 7) is 7.02. The average molecular weight is 411 g/mol. The third kappa shape index (κ3) is 5.69. The fraction of sp³-hybridized carbons (Fsp3) is 0.316. The maximum Gasteiger partial charge on any atom is 0.262 e. The van der Waals surface area contributed by atoms with Gasteiger partial charge in [0.25, 0.3) is 5.91 Å². The fourth-order valence-electron chi connectivity index (χ4n) is 2.47. The van der Waals surface area contributed by atoms with Gasteiger partial charge in [0.05, 0.1) is 9.92 Å². The van der Waals surface area contributed by atoms with Crippen LogP contribution in [-0.4, -0.2) is 27.0 Å². The molecule has 0 aliphatic carbocycles. The summed E-state index contributed by atoms with van der Waals surface area (Å²) in [5, 5.41) is 2.93. The smallest absolute Gasteiger partial charge is 0.262 e.